The predicted molar refractivity (Wildman–Crippen MR) is 118 cm³/mol. The monoisotopic (exact) mass is 437 g/mol. The van der Waals surface area contributed by atoms with Crippen LogP contribution in [0.25, 0.3) is 27.6 Å². The summed E-state index contributed by atoms with van der Waals surface area (Å²) in [5, 5.41) is 1.67. The second-order valence-electron chi connectivity index (χ2n) is 6.53. The third-order valence-corrected chi connectivity index (χ3v) is 4.97. The Morgan fingerprint density at radius 3 is 2.71 bits per heavy atom. The number of anilines is 1. The molecule has 0 aliphatic heterocycles. The summed E-state index contributed by atoms with van der Waals surface area (Å²) in [6.45, 7) is 1.96. The van der Waals surface area contributed by atoms with E-state index in [9.17, 15) is 9.18 Å². The molecule has 0 amide bonds. The number of benzene rings is 1. The number of H-pyrrole nitrogens is 1. The summed E-state index contributed by atoms with van der Waals surface area (Å²) in [7, 11) is 0. The van der Waals surface area contributed by atoms with Gasteiger partial charge in [0, 0.05) is 5.69 Å². The molecule has 0 aliphatic carbocycles. The number of hydrogen-bond donors (Lipinski definition) is 2. The van der Waals surface area contributed by atoms with E-state index in [1.54, 1.807) is 6.07 Å². The molecule has 0 spiro atoms. The van der Waals surface area contributed by atoms with Crippen LogP contribution in [-0.4, -0.2) is 29.5 Å². The summed E-state index contributed by atoms with van der Waals surface area (Å²) in [6.07, 6.45) is 4.93. The number of pyridine rings is 2. The molecule has 0 bridgehead atoms. The second-order valence-corrected chi connectivity index (χ2v) is 6.94. The van der Waals surface area contributed by atoms with Crippen LogP contribution >= 0.6 is 11.6 Å². The smallest absolute Gasteiger partial charge is 0.264 e. The van der Waals surface area contributed by atoms with Crippen LogP contribution in [0.4, 0.5) is 10.2 Å². The first-order valence-electron chi connectivity index (χ1n) is 9.34. The normalized spacial score (nSPS) is 10.8. The molecule has 5 aromatic rings. The number of fused-ring (bicyclic) bond motifs is 2. The Labute approximate surface area is 180 Å². The van der Waals surface area contributed by atoms with Gasteiger partial charge < -0.3 is 10.7 Å². The average molecular weight is 438 g/mol. The molecular formula is C21H17ClFN7O. The molecule has 5 rings (SSSR count). The van der Waals surface area contributed by atoms with Gasteiger partial charge in [0.1, 0.15) is 11.8 Å². The summed E-state index contributed by atoms with van der Waals surface area (Å²) < 4.78 is 14.5. The van der Waals surface area contributed by atoms with Crippen LogP contribution in [0.5, 0.6) is 0 Å². The van der Waals surface area contributed by atoms with Crippen molar-refractivity contribution in [2.75, 3.05) is 5.73 Å². The SMILES string of the molecule is CCc1cc2cccc(Cl)c2c(=O)n1-c1ccc(F)nc1.Nc1ncnc2nc[nH]c12. The van der Waals surface area contributed by atoms with Crippen LogP contribution in [0, 0.1) is 5.95 Å². The summed E-state index contributed by atoms with van der Waals surface area (Å²) in [5.74, 6) is -0.147. The van der Waals surface area contributed by atoms with Gasteiger partial charge in [0.15, 0.2) is 11.5 Å². The number of aryl methyl sites for hydroxylation is 1. The van der Waals surface area contributed by atoms with E-state index >= 15 is 0 Å². The average Bonchev–Trinajstić information content (AvgIpc) is 3.25. The van der Waals surface area contributed by atoms with Gasteiger partial charge in [0.25, 0.3) is 5.56 Å². The van der Waals surface area contributed by atoms with Gasteiger partial charge in [0.05, 0.1) is 28.6 Å². The van der Waals surface area contributed by atoms with Crippen molar-refractivity contribution in [1.29, 1.82) is 0 Å². The van der Waals surface area contributed by atoms with Gasteiger partial charge in [-0.1, -0.05) is 30.7 Å². The van der Waals surface area contributed by atoms with Gasteiger partial charge in [-0.25, -0.2) is 19.9 Å². The highest BCUT2D eigenvalue weighted by Crippen LogP contribution is 2.22. The molecule has 1 aromatic carbocycles. The van der Waals surface area contributed by atoms with Gasteiger partial charge in [-0.2, -0.15) is 4.39 Å². The number of aromatic nitrogens is 6. The Morgan fingerprint density at radius 2 is 2.00 bits per heavy atom. The molecule has 0 unspecified atom stereocenters. The van der Waals surface area contributed by atoms with E-state index in [-0.39, 0.29) is 5.56 Å². The Morgan fingerprint density at radius 1 is 1.16 bits per heavy atom. The van der Waals surface area contributed by atoms with Crippen LogP contribution < -0.4 is 11.3 Å². The van der Waals surface area contributed by atoms with E-state index in [4.69, 9.17) is 17.3 Å². The summed E-state index contributed by atoms with van der Waals surface area (Å²) >= 11 is 6.15. The first-order chi connectivity index (χ1) is 15.0. The number of nitrogen functional groups attached to an aromatic ring is 1. The van der Waals surface area contributed by atoms with Crippen LogP contribution in [0.1, 0.15) is 12.6 Å². The maximum atomic E-state index is 13.0. The van der Waals surface area contributed by atoms with Crippen molar-refractivity contribution in [1.82, 2.24) is 29.5 Å². The molecule has 0 fully saturated rings. The van der Waals surface area contributed by atoms with E-state index in [2.05, 4.69) is 24.9 Å². The highest BCUT2D eigenvalue weighted by atomic mass is 35.5. The lowest BCUT2D eigenvalue weighted by molar-refractivity contribution is 0.582. The molecule has 0 atom stereocenters. The highest BCUT2D eigenvalue weighted by Gasteiger charge is 2.12. The third kappa shape index (κ3) is 3.95. The van der Waals surface area contributed by atoms with Crippen LogP contribution in [0.15, 0.2) is 60.0 Å². The first kappa shape index (κ1) is 20.4. The largest absolute Gasteiger partial charge is 0.382 e. The van der Waals surface area contributed by atoms with Crippen molar-refractivity contribution >= 4 is 39.4 Å². The Hall–Kier alpha value is -3.85. The van der Waals surface area contributed by atoms with E-state index in [1.807, 2.05) is 25.1 Å². The van der Waals surface area contributed by atoms with Gasteiger partial charge in [-0.05, 0) is 36.1 Å². The minimum atomic E-state index is -0.580. The number of hydrogen-bond acceptors (Lipinski definition) is 6. The Kier molecular flexibility index (Phi) is 5.59. The topological polar surface area (TPSA) is 115 Å². The molecule has 31 heavy (non-hydrogen) atoms. The lowest BCUT2D eigenvalue weighted by Crippen LogP contribution is -2.22. The van der Waals surface area contributed by atoms with Gasteiger partial charge in [-0.15, -0.1) is 0 Å². The number of aromatic amines is 1. The quantitative estimate of drug-likeness (QED) is 0.407. The molecule has 10 heteroatoms. The molecular weight excluding hydrogens is 421 g/mol. The maximum Gasteiger partial charge on any atom is 0.264 e. The number of imidazole rings is 1. The van der Waals surface area contributed by atoms with Gasteiger partial charge in [0.2, 0.25) is 5.95 Å². The maximum absolute atomic E-state index is 13.0. The minimum Gasteiger partial charge on any atom is -0.382 e. The Balaban J connectivity index is 0.000000192. The van der Waals surface area contributed by atoms with E-state index in [0.29, 0.717) is 39.5 Å². The summed E-state index contributed by atoms with van der Waals surface area (Å²) in [4.78, 5) is 30.7. The number of nitrogens with one attached hydrogen (secondary N) is 1. The van der Waals surface area contributed by atoms with Crippen molar-refractivity contribution < 1.29 is 4.39 Å². The first-order valence-corrected chi connectivity index (χ1v) is 9.72. The van der Waals surface area contributed by atoms with E-state index in [1.165, 1.54) is 35.6 Å². The number of nitrogens with two attached hydrogens (primary N) is 1. The molecule has 0 saturated carbocycles. The van der Waals surface area contributed by atoms with Crippen LogP contribution in [-0.2, 0) is 6.42 Å². The van der Waals surface area contributed by atoms with Crippen molar-refractivity contribution in [3.05, 3.63) is 82.3 Å². The third-order valence-electron chi connectivity index (χ3n) is 4.66. The predicted octanol–water partition coefficient (Wildman–Crippen LogP) is 3.68. The highest BCUT2D eigenvalue weighted by molar-refractivity contribution is 6.35. The summed E-state index contributed by atoms with van der Waals surface area (Å²) in [5.41, 5.74) is 7.91. The fourth-order valence-electron chi connectivity index (χ4n) is 3.20. The van der Waals surface area contributed by atoms with Crippen LogP contribution in [0.2, 0.25) is 5.02 Å². The fraction of sp³-hybridized carbons (Fsp3) is 0.0952. The fourth-order valence-corrected chi connectivity index (χ4v) is 3.46. The van der Waals surface area contributed by atoms with Crippen molar-refractivity contribution in [2.24, 2.45) is 0 Å². The molecule has 3 N–H and O–H groups in total. The standard InChI is InChI=1S/C16H12ClFN2O.C5H5N5/c1-2-11-8-10-4-3-5-13(17)15(10)16(21)20(11)12-6-7-14(18)19-9-12;6-4-3-5(9-1-7-3)10-2-8-4/h3-9H,2H2,1H3;1-2H,(H3,6,7,8,9,10). The second kappa shape index (κ2) is 8.49. The van der Waals surface area contributed by atoms with Crippen molar-refractivity contribution in [2.45, 2.75) is 13.3 Å². The number of halogens is 2. The van der Waals surface area contributed by atoms with Crippen molar-refractivity contribution in [3.8, 4) is 5.69 Å². The van der Waals surface area contributed by atoms with Crippen LogP contribution in [0.3, 0.4) is 0 Å². The Bertz CT molecular complexity index is 1430. The van der Waals surface area contributed by atoms with Crippen molar-refractivity contribution in [3.63, 3.8) is 0 Å². The lowest BCUT2D eigenvalue weighted by Gasteiger charge is -2.13. The number of rotatable bonds is 2. The van der Waals surface area contributed by atoms with E-state index in [0.717, 1.165) is 11.1 Å². The molecule has 156 valence electrons. The molecule has 0 saturated heterocycles. The van der Waals surface area contributed by atoms with Gasteiger partial charge >= 0.3 is 0 Å². The molecule has 4 aromatic heterocycles. The van der Waals surface area contributed by atoms with Gasteiger partial charge in [-0.3, -0.25) is 9.36 Å². The summed E-state index contributed by atoms with van der Waals surface area (Å²) in [6, 6.07) is 10.0. The molecule has 0 radical (unpaired) electrons. The zero-order valence-electron chi connectivity index (χ0n) is 16.4. The van der Waals surface area contributed by atoms with E-state index < -0.39 is 5.95 Å². The minimum absolute atomic E-state index is 0.219. The zero-order valence-corrected chi connectivity index (χ0v) is 17.1. The molecule has 0 aliphatic rings. The number of nitrogens with zero attached hydrogens (tertiary/aromatic N) is 5. The lowest BCUT2D eigenvalue weighted by atomic mass is 10.1. The molecule has 4 heterocycles. The molecule has 8 nitrogen and oxygen atoms in total. The zero-order chi connectivity index (χ0) is 22.0.